The Bertz CT molecular complexity index is 2770. The second kappa shape index (κ2) is 12.3. The summed E-state index contributed by atoms with van der Waals surface area (Å²) >= 11 is 0. The first-order valence-electron chi connectivity index (χ1n) is 18.3. The van der Waals surface area contributed by atoms with Gasteiger partial charge in [0.25, 0.3) is 0 Å². The van der Waals surface area contributed by atoms with Gasteiger partial charge in [0.15, 0.2) is 0 Å². The van der Waals surface area contributed by atoms with Gasteiger partial charge in [-0.15, -0.1) is 0 Å². The van der Waals surface area contributed by atoms with E-state index >= 15 is 0 Å². The van der Waals surface area contributed by atoms with Crippen molar-refractivity contribution in [1.82, 2.24) is 0 Å². The largest absolute Gasteiger partial charge is 0.456 e. The van der Waals surface area contributed by atoms with Gasteiger partial charge in [-0.3, -0.25) is 0 Å². The lowest BCUT2D eigenvalue weighted by Crippen LogP contribution is -2.14. The summed E-state index contributed by atoms with van der Waals surface area (Å²) in [6.07, 6.45) is 0. The third kappa shape index (κ3) is 5.26. The summed E-state index contributed by atoms with van der Waals surface area (Å²) in [7, 11) is 0. The first-order chi connectivity index (χ1) is 26.0. The van der Waals surface area contributed by atoms with Crippen LogP contribution in [-0.2, 0) is 5.41 Å². The topological polar surface area (TPSA) is 16.4 Å². The highest BCUT2D eigenvalue weighted by molar-refractivity contribution is 6.05. The van der Waals surface area contributed by atoms with Gasteiger partial charge in [0.05, 0.1) is 0 Å². The molecular weight excluding hydrogens is 643 g/mol. The number of fused-ring (bicyclic) bond motifs is 6. The smallest absolute Gasteiger partial charge is 0.136 e. The molecule has 1 heterocycles. The van der Waals surface area contributed by atoms with Crippen LogP contribution in [0.1, 0.15) is 25.0 Å². The van der Waals surface area contributed by atoms with E-state index in [-0.39, 0.29) is 5.41 Å². The number of furan rings is 1. The second-order valence-electron chi connectivity index (χ2n) is 14.6. The Hall–Kier alpha value is -6.64. The van der Waals surface area contributed by atoms with E-state index in [1.807, 2.05) is 12.1 Å². The van der Waals surface area contributed by atoms with Crippen LogP contribution in [0, 0.1) is 0 Å². The number of para-hydroxylation sites is 2. The molecule has 9 aromatic rings. The molecule has 1 aliphatic carbocycles. The lowest BCUT2D eigenvalue weighted by Gasteiger charge is -2.26. The molecule has 2 nitrogen and oxygen atoms in total. The molecule has 252 valence electrons. The maximum absolute atomic E-state index is 6.16. The number of anilines is 3. The summed E-state index contributed by atoms with van der Waals surface area (Å²) in [4.78, 5) is 2.33. The Morgan fingerprint density at radius 1 is 0.358 bits per heavy atom. The molecule has 0 amide bonds. The molecule has 2 heteroatoms. The van der Waals surface area contributed by atoms with Crippen molar-refractivity contribution < 1.29 is 4.42 Å². The van der Waals surface area contributed by atoms with E-state index in [9.17, 15) is 0 Å². The van der Waals surface area contributed by atoms with Crippen LogP contribution in [0.25, 0.3) is 66.4 Å². The number of hydrogen-bond donors (Lipinski definition) is 0. The Morgan fingerprint density at radius 2 is 0.830 bits per heavy atom. The van der Waals surface area contributed by atoms with E-state index in [4.69, 9.17) is 4.42 Å². The molecule has 0 fully saturated rings. The van der Waals surface area contributed by atoms with E-state index in [0.717, 1.165) is 44.6 Å². The normalized spacial score (nSPS) is 12.9. The van der Waals surface area contributed by atoms with Gasteiger partial charge < -0.3 is 9.32 Å². The molecule has 0 N–H and O–H groups in total. The van der Waals surface area contributed by atoms with Crippen LogP contribution in [0.3, 0.4) is 0 Å². The minimum absolute atomic E-state index is 0.0225. The highest BCUT2D eigenvalue weighted by atomic mass is 16.3. The minimum atomic E-state index is -0.0225. The molecule has 53 heavy (non-hydrogen) atoms. The van der Waals surface area contributed by atoms with Gasteiger partial charge in [-0.05, 0) is 116 Å². The quantitative estimate of drug-likeness (QED) is 0.174. The molecular formula is C51H37NO. The van der Waals surface area contributed by atoms with Crippen molar-refractivity contribution in [3.05, 3.63) is 199 Å². The number of hydrogen-bond acceptors (Lipinski definition) is 2. The first-order valence-corrected chi connectivity index (χ1v) is 18.3. The fourth-order valence-electron chi connectivity index (χ4n) is 8.27. The lowest BCUT2D eigenvalue weighted by molar-refractivity contribution is 0.660. The van der Waals surface area contributed by atoms with Gasteiger partial charge in [-0.2, -0.15) is 0 Å². The number of nitrogens with zero attached hydrogens (tertiary/aromatic N) is 1. The zero-order chi connectivity index (χ0) is 35.5. The van der Waals surface area contributed by atoms with Crippen LogP contribution in [0.5, 0.6) is 0 Å². The van der Waals surface area contributed by atoms with E-state index < -0.39 is 0 Å². The van der Waals surface area contributed by atoms with Crippen LogP contribution in [-0.4, -0.2) is 0 Å². The predicted molar refractivity (Wildman–Crippen MR) is 222 cm³/mol. The lowest BCUT2D eigenvalue weighted by atomic mass is 9.81. The molecule has 0 bridgehead atoms. The molecule has 0 radical (unpaired) electrons. The van der Waals surface area contributed by atoms with Crippen molar-refractivity contribution >= 4 is 39.0 Å². The molecule has 0 unspecified atom stereocenters. The van der Waals surface area contributed by atoms with Crippen molar-refractivity contribution in [2.45, 2.75) is 19.3 Å². The Balaban J connectivity index is 0.927. The van der Waals surface area contributed by atoms with E-state index in [0.29, 0.717) is 0 Å². The van der Waals surface area contributed by atoms with Crippen molar-refractivity contribution in [1.29, 1.82) is 0 Å². The van der Waals surface area contributed by atoms with Crippen LogP contribution in [0.2, 0.25) is 0 Å². The second-order valence-corrected chi connectivity index (χ2v) is 14.6. The summed E-state index contributed by atoms with van der Waals surface area (Å²) in [5.74, 6) is 0. The molecule has 10 rings (SSSR count). The minimum Gasteiger partial charge on any atom is -0.456 e. The summed E-state index contributed by atoms with van der Waals surface area (Å²) in [6.45, 7) is 4.68. The van der Waals surface area contributed by atoms with E-state index in [1.165, 1.54) is 50.1 Å². The predicted octanol–water partition coefficient (Wildman–Crippen LogP) is 14.4. The molecule has 0 aliphatic heterocycles. The molecule has 0 atom stereocenters. The van der Waals surface area contributed by atoms with Gasteiger partial charge >= 0.3 is 0 Å². The number of rotatable bonds is 6. The molecule has 0 saturated carbocycles. The zero-order valence-corrected chi connectivity index (χ0v) is 29.8. The van der Waals surface area contributed by atoms with E-state index in [2.05, 4.69) is 195 Å². The highest BCUT2D eigenvalue weighted by Crippen LogP contribution is 2.49. The fraction of sp³-hybridized carbons (Fsp3) is 0.0588. The van der Waals surface area contributed by atoms with Gasteiger partial charge in [0.2, 0.25) is 0 Å². The van der Waals surface area contributed by atoms with Crippen LogP contribution >= 0.6 is 0 Å². The van der Waals surface area contributed by atoms with Crippen molar-refractivity contribution in [3.8, 4) is 44.5 Å². The van der Waals surface area contributed by atoms with Gasteiger partial charge in [0.1, 0.15) is 11.2 Å². The van der Waals surface area contributed by atoms with Crippen molar-refractivity contribution in [2.75, 3.05) is 4.90 Å². The Labute approximate surface area is 310 Å². The fourth-order valence-corrected chi connectivity index (χ4v) is 8.27. The average molecular weight is 680 g/mol. The number of benzene rings is 8. The molecule has 0 spiro atoms. The van der Waals surface area contributed by atoms with Crippen LogP contribution < -0.4 is 4.90 Å². The maximum atomic E-state index is 6.16. The third-order valence-corrected chi connectivity index (χ3v) is 11.1. The van der Waals surface area contributed by atoms with Gasteiger partial charge in [0, 0.05) is 33.2 Å². The summed E-state index contributed by atoms with van der Waals surface area (Å²) in [5.41, 5.74) is 17.8. The average Bonchev–Trinajstić information content (AvgIpc) is 3.70. The van der Waals surface area contributed by atoms with Crippen molar-refractivity contribution in [3.63, 3.8) is 0 Å². The van der Waals surface area contributed by atoms with Crippen LogP contribution in [0.15, 0.2) is 192 Å². The van der Waals surface area contributed by atoms with Gasteiger partial charge in [-0.1, -0.05) is 141 Å². The first kappa shape index (κ1) is 31.1. The molecule has 8 aromatic carbocycles. The monoisotopic (exact) mass is 679 g/mol. The standard InChI is InChI=1S/C51H37NO/c1-51(2)47-14-8-6-12-43(47)44-30-24-38(32-48(44)51)37-22-28-42(29-23-37)52(40-10-4-3-5-11-40)41-26-20-35(21-27-41)34-16-18-36(19-17-34)39-25-31-46-45-13-7-9-15-49(45)53-50(46)33-39/h3-33H,1-2H3. The third-order valence-electron chi connectivity index (χ3n) is 11.1. The Kier molecular flexibility index (Phi) is 7.19. The van der Waals surface area contributed by atoms with Gasteiger partial charge in [-0.25, -0.2) is 0 Å². The highest BCUT2D eigenvalue weighted by Gasteiger charge is 2.35. The summed E-state index contributed by atoms with van der Waals surface area (Å²) < 4.78 is 6.16. The van der Waals surface area contributed by atoms with Crippen molar-refractivity contribution in [2.24, 2.45) is 0 Å². The summed E-state index contributed by atoms with van der Waals surface area (Å²) in [6, 6.07) is 67.8. The maximum Gasteiger partial charge on any atom is 0.136 e. The zero-order valence-electron chi connectivity index (χ0n) is 29.8. The molecule has 1 aliphatic rings. The molecule has 0 saturated heterocycles. The Morgan fingerprint density at radius 3 is 1.53 bits per heavy atom. The molecule has 1 aromatic heterocycles. The SMILES string of the molecule is CC1(C)c2ccccc2-c2ccc(-c3ccc(N(c4ccccc4)c4ccc(-c5ccc(-c6ccc7c(c6)oc6ccccc67)cc5)cc4)cc3)cc21. The summed E-state index contributed by atoms with van der Waals surface area (Å²) in [5, 5.41) is 2.30. The van der Waals surface area contributed by atoms with Crippen LogP contribution in [0.4, 0.5) is 17.1 Å². The van der Waals surface area contributed by atoms with E-state index in [1.54, 1.807) is 0 Å².